The zero-order valence-corrected chi connectivity index (χ0v) is 78.9. The van der Waals surface area contributed by atoms with Crippen molar-refractivity contribution in [3.8, 4) is 0 Å². The quantitative estimate of drug-likeness (QED) is 0.264. The van der Waals surface area contributed by atoms with E-state index in [1.165, 1.54) is 231 Å². The van der Waals surface area contributed by atoms with Crippen molar-refractivity contribution in [3.63, 3.8) is 0 Å². The smallest absolute Gasteiger partial charge is 0.0297 e. The van der Waals surface area contributed by atoms with Crippen molar-refractivity contribution >= 4 is 0 Å². The lowest BCUT2D eigenvalue weighted by Gasteiger charge is -2.49. The lowest BCUT2D eigenvalue weighted by atomic mass is 9.57. The molecule has 21 aliphatic rings. The first-order valence-electron chi connectivity index (χ1n) is 51.0. The molecule has 0 heterocycles. The van der Waals surface area contributed by atoms with Crippen LogP contribution in [0.2, 0.25) is 0 Å². The molecule has 0 aromatic heterocycles. The van der Waals surface area contributed by atoms with Crippen molar-refractivity contribution in [2.75, 3.05) is 0 Å². The molecule has 0 aromatic rings. The van der Waals surface area contributed by atoms with Gasteiger partial charge in [0.1, 0.15) is 0 Å². The van der Waals surface area contributed by atoms with Gasteiger partial charge in [0, 0.05) is 0 Å². The zero-order chi connectivity index (χ0) is 78.9. The van der Waals surface area contributed by atoms with E-state index in [0.29, 0.717) is 21.7 Å². The highest BCUT2D eigenvalue weighted by Gasteiger charge is 2.51. The molecule has 14 unspecified atom stereocenters. The molecule has 0 amide bonds. The molecule has 0 spiro atoms. The Hall–Kier alpha value is 0. The largest absolute Gasteiger partial charge is 0.0651 e. The summed E-state index contributed by atoms with van der Waals surface area (Å²) in [5, 5.41) is 0. The molecule has 0 saturated heterocycles. The highest BCUT2D eigenvalue weighted by Crippen LogP contribution is 2.61. The normalized spacial score (nSPS) is 44.1. The summed E-state index contributed by atoms with van der Waals surface area (Å²) in [6.07, 6.45) is 75.4. The van der Waals surface area contributed by atoms with Crippen LogP contribution in [0.15, 0.2) is 0 Å². The highest BCUT2D eigenvalue weighted by molar-refractivity contribution is 5.01. The molecule has 21 atom stereocenters. The predicted molar refractivity (Wildman–Crippen MR) is 482 cm³/mol. The van der Waals surface area contributed by atoms with Crippen molar-refractivity contribution in [1.29, 1.82) is 0 Å². The van der Waals surface area contributed by atoms with Crippen molar-refractivity contribution in [2.24, 2.45) is 192 Å². The van der Waals surface area contributed by atoms with Crippen LogP contribution in [0.1, 0.15) is 494 Å². The standard InChI is InChI=1S/C11H22.2C10H18.4C9H16.2C9H18.C8H14.C8H16.C7H14/c1-9-10(2,3)7-6-8-11(9,4)5;1-7-8-4-5-9(6-8)10(7,2)3;1-8-7-9-3-5-10(8,2)6-4-9;1-7-5-8-3-4-9(7,2)6-8;1-6-7(2)9-4-3-8(6)5-9;1-7-6-8-2-4-9(7)5-3-8;1-2-8-5-7-3-4-9(8)6-7;1-8-6-4-5-7-9(8,2)3;1-7-5-4-6-8(2)9(7)3;1-6-4-7-2-3-8(6)5-7;1-2-8-6-4-3-5-7-8;1-2-7-5-3-4-6-7/h9H,6-8H2,1-5H3;7-9H,4-6H2,1-3H3;8-9H,3-7H2,1-2H3;7-8H,3-6H2,1-2H3;6-9H,3-5H2,1-2H3;2*7-9H,2-6H2,1H3;8H,4-7H2,1-3H3;7-9H,4-6H2,1-3H3;6-8H,2-5H2,1H3;8H,2-7H2,1H3;7H,2-6H2,1H3/t;7-,8?,9?;8-,9?,10?;7-,8?,9?;6-,7?,8?,9?;7-,8?,9?;;8-;;6-,7?,8?;;/m.10000.1.0../s1. The van der Waals surface area contributed by atoms with Gasteiger partial charge in [-0.1, -0.05) is 321 Å². The van der Waals surface area contributed by atoms with Gasteiger partial charge < -0.3 is 0 Å². The fourth-order valence-electron chi connectivity index (χ4n) is 28.8. The van der Waals surface area contributed by atoms with Crippen LogP contribution in [0.3, 0.4) is 0 Å². The minimum atomic E-state index is 0.571. The summed E-state index contributed by atoms with van der Waals surface area (Å²) in [7, 11) is 0. The predicted octanol–water partition coefficient (Wildman–Crippen LogP) is 35.7. The van der Waals surface area contributed by atoms with Gasteiger partial charge in [-0.3, -0.25) is 0 Å². The van der Waals surface area contributed by atoms with Gasteiger partial charge in [-0.25, -0.2) is 0 Å². The second-order valence-corrected chi connectivity index (χ2v) is 48.5. The molecule has 108 heavy (non-hydrogen) atoms. The molecule has 634 valence electrons. The van der Waals surface area contributed by atoms with Crippen LogP contribution in [0.5, 0.6) is 0 Å². The van der Waals surface area contributed by atoms with Gasteiger partial charge in [0.15, 0.2) is 0 Å². The lowest BCUT2D eigenvalue weighted by molar-refractivity contribution is 0.0209. The maximum absolute atomic E-state index is 2.49. The van der Waals surface area contributed by atoms with E-state index in [-0.39, 0.29) is 0 Å². The molecule has 0 heteroatoms. The second-order valence-electron chi connectivity index (χ2n) is 48.5. The topological polar surface area (TPSA) is 0 Å². The Balaban J connectivity index is 0.000000149. The lowest BCUT2D eigenvalue weighted by Crippen LogP contribution is -2.38. The van der Waals surface area contributed by atoms with E-state index < -0.39 is 0 Å². The Morgan fingerprint density at radius 3 is 0.954 bits per heavy atom. The average molecular weight is 1500 g/mol. The third kappa shape index (κ3) is 26.5. The second kappa shape index (κ2) is 43.1. The maximum atomic E-state index is 2.49. The van der Waals surface area contributed by atoms with Gasteiger partial charge >= 0.3 is 0 Å². The summed E-state index contributed by atoms with van der Waals surface area (Å²) in [4.78, 5) is 0. The van der Waals surface area contributed by atoms with E-state index in [0.717, 1.165) is 171 Å². The van der Waals surface area contributed by atoms with Gasteiger partial charge in [0.05, 0.1) is 0 Å². The highest BCUT2D eigenvalue weighted by atomic mass is 14.6. The first kappa shape index (κ1) is 93.5. The fraction of sp³-hybridized carbons (Fsp3) is 1.00. The Morgan fingerprint density at radius 2 is 0.685 bits per heavy atom. The molecule has 0 aliphatic heterocycles. The molecular weight excluding hydrogens is 1300 g/mol. The minimum Gasteiger partial charge on any atom is -0.0651 e. The van der Waals surface area contributed by atoms with Gasteiger partial charge in [0.25, 0.3) is 0 Å². The summed E-state index contributed by atoms with van der Waals surface area (Å²) in [6.45, 7) is 60.4. The van der Waals surface area contributed by atoms with E-state index >= 15 is 0 Å². The third-order valence-corrected chi connectivity index (χ3v) is 40.5. The van der Waals surface area contributed by atoms with E-state index in [1.54, 1.807) is 89.9 Å². The van der Waals surface area contributed by atoms with Crippen LogP contribution in [0.4, 0.5) is 0 Å². The molecule has 21 aliphatic carbocycles. The molecule has 21 rings (SSSR count). The van der Waals surface area contributed by atoms with Gasteiger partial charge in [-0.2, -0.15) is 0 Å². The van der Waals surface area contributed by atoms with Crippen molar-refractivity contribution in [1.82, 2.24) is 0 Å². The third-order valence-electron chi connectivity index (χ3n) is 40.5. The Morgan fingerprint density at radius 1 is 0.250 bits per heavy atom. The summed E-state index contributed by atoms with van der Waals surface area (Å²) in [5.41, 5.74) is 3.96. The minimum absolute atomic E-state index is 0.571. The van der Waals surface area contributed by atoms with Crippen LogP contribution in [-0.4, -0.2) is 0 Å². The monoisotopic (exact) mass is 1500 g/mol. The van der Waals surface area contributed by atoms with Gasteiger partial charge in [-0.15, -0.1) is 0 Å². The molecule has 0 radical (unpaired) electrons. The first-order valence-corrected chi connectivity index (χ1v) is 51.0. The van der Waals surface area contributed by atoms with E-state index in [1.807, 2.05) is 0 Å². The Labute approximate surface area is 682 Å². The van der Waals surface area contributed by atoms with Crippen molar-refractivity contribution < 1.29 is 0 Å². The van der Waals surface area contributed by atoms with Crippen LogP contribution >= 0.6 is 0 Å². The molecule has 0 aromatic carbocycles. The van der Waals surface area contributed by atoms with Gasteiger partial charge in [-0.05, 0) is 366 Å². The summed E-state index contributed by atoms with van der Waals surface area (Å²) >= 11 is 0. The first-order chi connectivity index (χ1) is 51.0. The molecule has 14 bridgehead atoms. The maximum Gasteiger partial charge on any atom is -0.0297 e. The van der Waals surface area contributed by atoms with Crippen LogP contribution in [0, 0.1) is 192 Å². The zero-order valence-electron chi connectivity index (χ0n) is 78.9. The van der Waals surface area contributed by atoms with Crippen molar-refractivity contribution in [3.05, 3.63) is 0 Å². The Bertz CT molecular complexity index is 2360. The summed E-state index contributed by atoms with van der Waals surface area (Å²) in [6, 6.07) is 0. The summed E-state index contributed by atoms with van der Waals surface area (Å²) < 4.78 is 0. The molecule has 0 N–H and O–H groups in total. The Kier molecular flexibility index (Phi) is 37.3. The summed E-state index contributed by atoms with van der Waals surface area (Å²) in [5.74, 6) is 28.8. The number of rotatable bonds is 3. The fourth-order valence-corrected chi connectivity index (χ4v) is 28.8. The van der Waals surface area contributed by atoms with Crippen molar-refractivity contribution in [2.45, 2.75) is 494 Å². The van der Waals surface area contributed by atoms with E-state index in [9.17, 15) is 0 Å². The molecular formula is C108H202. The SMILES string of the molecule is CC1C(C)(C)CCCC1(C)C.CC1C2CCC(C2)[C@H]1C.CC1CCCC(C)C1C.CCC1CC2CCC1C2.CCC1CCCC1.CCC1CCCCC1.C[C@@H]1C2CCC(C2)C1(C)C.C[C@@H]1CCCCC1(C)C.C[C@H]1CC2CCC1(C)C2.C[C@H]1CC2CCC1(C)CC2.C[C@H]1CC2CCC1C2.C[C@H]1CC2CCC1CC2. The van der Waals surface area contributed by atoms with Gasteiger partial charge in [0.2, 0.25) is 0 Å². The molecule has 0 nitrogen and oxygen atoms in total. The number of hydrogen-bond acceptors (Lipinski definition) is 0. The van der Waals surface area contributed by atoms with Crippen LogP contribution in [-0.2, 0) is 0 Å². The van der Waals surface area contributed by atoms with E-state index in [2.05, 4.69) is 173 Å². The molecule has 21 saturated carbocycles. The number of hydrogen-bond donors (Lipinski definition) is 0. The average Bonchev–Trinajstić information content (AvgIpc) is 1.59. The van der Waals surface area contributed by atoms with E-state index in [4.69, 9.17) is 0 Å². The van der Waals surface area contributed by atoms with Crippen LogP contribution in [0.25, 0.3) is 0 Å². The molecule has 21 fully saturated rings. The van der Waals surface area contributed by atoms with Crippen LogP contribution < -0.4 is 0 Å². The number of fused-ring (bicyclic) bond motifs is 16.